The van der Waals surface area contributed by atoms with Crippen molar-refractivity contribution in [3.63, 3.8) is 0 Å². The molecular formula is C22H27N3O2. The molecule has 27 heavy (non-hydrogen) atoms. The van der Waals surface area contributed by atoms with Crippen LogP contribution in [-0.2, 0) is 12.8 Å². The summed E-state index contributed by atoms with van der Waals surface area (Å²) in [6.45, 7) is 7.48. The van der Waals surface area contributed by atoms with Crippen LogP contribution in [0.3, 0.4) is 0 Å². The van der Waals surface area contributed by atoms with Gasteiger partial charge in [-0.1, -0.05) is 32.0 Å². The first kappa shape index (κ1) is 19.1. The van der Waals surface area contributed by atoms with Gasteiger partial charge >= 0.3 is 0 Å². The summed E-state index contributed by atoms with van der Waals surface area (Å²) in [6.07, 6.45) is 1.46. The summed E-state index contributed by atoms with van der Waals surface area (Å²) < 4.78 is 5.17. The van der Waals surface area contributed by atoms with Gasteiger partial charge in [0, 0.05) is 13.0 Å². The summed E-state index contributed by atoms with van der Waals surface area (Å²) in [7, 11) is 1.64. The van der Waals surface area contributed by atoms with E-state index in [0.29, 0.717) is 12.1 Å². The molecule has 1 aromatic heterocycles. The number of ether oxygens (including phenoxy) is 1. The van der Waals surface area contributed by atoms with E-state index >= 15 is 0 Å². The summed E-state index contributed by atoms with van der Waals surface area (Å²) in [4.78, 5) is 22.5. The largest absolute Gasteiger partial charge is 0.497 e. The molecule has 2 aromatic carbocycles. The van der Waals surface area contributed by atoms with Crippen LogP contribution in [0.4, 0.5) is 0 Å². The van der Waals surface area contributed by atoms with Gasteiger partial charge in [-0.05, 0) is 54.9 Å². The lowest BCUT2D eigenvalue weighted by Crippen LogP contribution is -2.25. The molecule has 0 aliphatic rings. The summed E-state index contributed by atoms with van der Waals surface area (Å²) in [5.74, 6) is 0.802. The fourth-order valence-electron chi connectivity index (χ4n) is 3.21. The number of aromatic nitrogens is 2. The Labute approximate surface area is 160 Å². The number of aromatic amines is 1. The Hall–Kier alpha value is -2.66. The zero-order valence-corrected chi connectivity index (χ0v) is 16.3. The summed E-state index contributed by atoms with van der Waals surface area (Å²) >= 11 is 0. The van der Waals surface area contributed by atoms with Crippen molar-refractivity contribution in [1.29, 1.82) is 0 Å². The first-order chi connectivity index (χ1) is 13.1. The van der Waals surface area contributed by atoms with Crippen molar-refractivity contribution in [2.24, 2.45) is 0 Å². The van der Waals surface area contributed by atoms with Crippen molar-refractivity contribution in [3.05, 3.63) is 69.6 Å². The lowest BCUT2D eigenvalue weighted by molar-refractivity contribution is 0.308. The lowest BCUT2D eigenvalue weighted by atomic mass is 10.1. The molecule has 1 heterocycles. The molecule has 0 atom stereocenters. The summed E-state index contributed by atoms with van der Waals surface area (Å²) in [6, 6.07) is 13.9. The van der Waals surface area contributed by atoms with Gasteiger partial charge in [0.1, 0.15) is 11.4 Å². The highest BCUT2D eigenvalue weighted by Gasteiger charge is 2.08. The number of methoxy groups -OCH3 is 1. The Bertz CT molecular complexity index is 944. The number of hydrogen-bond donors (Lipinski definition) is 1. The zero-order chi connectivity index (χ0) is 19.2. The third-order valence-corrected chi connectivity index (χ3v) is 4.97. The minimum absolute atomic E-state index is 0.126. The minimum Gasteiger partial charge on any atom is -0.497 e. The molecule has 0 aliphatic heterocycles. The first-order valence-corrected chi connectivity index (χ1v) is 9.50. The predicted molar refractivity (Wildman–Crippen MR) is 110 cm³/mol. The van der Waals surface area contributed by atoms with Crippen molar-refractivity contribution >= 4 is 11.0 Å². The highest BCUT2D eigenvalue weighted by molar-refractivity contribution is 5.74. The Kier molecular flexibility index (Phi) is 6.24. The third-order valence-electron chi connectivity index (χ3n) is 4.97. The van der Waals surface area contributed by atoms with Crippen molar-refractivity contribution < 1.29 is 4.74 Å². The number of fused-ring (bicyclic) bond motifs is 1. The molecule has 0 fully saturated rings. The molecule has 0 bridgehead atoms. The molecule has 5 heteroatoms. The quantitative estimate of drug-likeness (QED) is 0.665. The topological polar surface area (TPSA) is 58.2 Å². The molecule has 0 saturated heterocycles. The molecule has 0 radical (unpaired) electrons. The Balaban J connectivity index is 1.79. The van der Waals surface area contributed by atoms with Gasteiger partial charge in [0.15, 0.2) is 0 Å². The van der Waals surface area contributed by atoms with Gasteiger partial charge in [-0.3, -0.25) is 4.79 Å². The van der Waals surface area contributed by atoms with Gasteiger partial charge in [0.05, 0.1) is 18.1 Å². The van der Waals surface area contributed by atoms with Crippen LogP contribution >= 0.6 is 0 Å². The highest BCUT2D eigenvalue weighted by Crippen LogP contribution is 2.15. The van der Waals surface area contributed by atoms with Gasteiger partial charge in [-0.2, -0.15) is 0 Å². The molecular weight excluding hydrogens is 338 g/mol. The highest BCUT2D eigenvalue weighted by atomic mass is 16.5. The molecule has 0 unspecified atom stereocenters. The minimum atomic E-state index is -0.126. The Morgan fingerprint density at radius 3 is 2.41 bits per heavy atom. The summed E-state index contributed by atoms with van der Waals surface area (Å²) in [5, 5.41) is 0. The van der Waals surface area contributed by atoms with Crippen LogP contribution in [0.25, 0.3) is 11.0 Å². The second kappa shape index (κ2) is 8.82. The second-order valence-corrected chi connectivity index (χ2v) is 6.67. The second-order valence-electron chi connectivity index (χ2n) is 6.67. The SMILES string of the molecule is CCN(CC)CCc1ccc2nc(Cc3ccc(OC)cc3)c(=O)[nH]c2c1. The number of benzene rings is 2. The average Bonchev–Trinajstić information content (AvgIpc) is 2.70. The van der Waals surface area contributed by atoms with E-state index in [1.807, 2.05) is 36.4 Å². The van der Waals surface area contributed by atoms with Crippen molar-refractivity contribution in [3.8, 4) is 5.75 Å². The monoisotopic (exact) mass is 365 g/mol. The molecule has 0 aliphatic carbocycles. The molecule has 0 spiro atoms. The van der Waals surface area contributed by atoms with E-state index in [1.54, 1.807) is 7.11 Å². The number of H-pyrrole nitrogens is 1. The smallest absolute Gasteiger partial charge is 0.270 e. The van der Waals surface area contributed by atoms with Crippen LogP contribution in [0.5, 0.6) is 5.75 Å². The first-order valence-electron chi connectivity index (χ1n) is 9.50. The standard InChI is InChI=1S/C22H27N3O2/c1-4-25(5-2)13-12-17-8-11-19-20(14-17)24-22(26)21(23-19)15-16-6-9-18(27-3)10-7-16/h6-11,14H,4-5,12-13,15H2,1-3H3,(H,24,26). The number of rotatable bonds is 8. The van der Waals surface area contributed by atoms with Crippen LogP contribution in [0, 0.1) is 0 Å². The fourth-order valence-corrected chi connectivity index (χ4v) is 3.21. The van der Waals surface area contributed by atoms with Crippen molar-refractivity contribution in [2.45, 2.75) is 26.7 Å². The van der Waals surface area contributed by atoms with Crippen LogP contribution in [-0.4, -0.2) is 41.6 Å². The van der Waals surface area contributed by atoms with Gasteiger partial charge in [-0.15, -0.1) is 0 Å². The van der Waals surface area contributed by atoms with Crippen LogP contribution in [0.1, 0.15) is 30.7 Å². The fraction of sp³-hybridized carbons (Fsp3) is 0.364. The van der Waals surface area contributed by atoms with Gasteiger partial charge < -0.3 is 14.6 Å². The average molecular weight is 365 g/mol. The number of hydrogen-bond acceptors (Lipinski definition) is 4. The molecule has 3 aromatic rings. The van der Waals surface area contributed by atoms with E-state index in [2.05, 4.69) is 34.8 Å². The maximum absolute atomic E-state index is 12.5. The Morgan fingerprint density at radius 2 is 1.74 bits per heavy atom. The molecule has 142 valence electrons. The van der Waals surface area contributed by atoms with E-state index in [1.165, 1.54) is 5.56 Å². The molecule has 3 rings (SSSR count). The van der Waals surface area contributed by atoms with Crippen LogP contribution < -0.4 is 10.3 Å². The van der Waals surface area contributed by atoms with Crippen LogP contribution in [0.15, 0.2) is 47.3 Å². The van der Waals surface area contributed by atoms with Crippen molar-refractivity contribution in [2.75, 3.05) is 26.7 Å². The van der Waals surface area contributed by atoms with Gasteiger partial charge in [-0.25, -0.2) is 4.98 Å². The predicted octanol–water partition coefficient (Wildman–Crippen LogP) is 3.41. The van der Waals surface area contributed by atoms with Crippen molar-refractivity contribution in [1.82, 2.24) is 14.9 Å². The molecule has 1 N–H and O–H groups in total. The van der Waals surface area contributed by atoms with E-state index in [9.17, 15) is 4.79 Å². The van der Waals surface area contributed by atoms with Crippen LogP contribution in [0.2, 0.25) is 0 Å². The number of likely N-dealkylation sites (N-methyl/N-ethyl adjacent to an activating group) is 1. The lowest BCUT2D eigenvalue weighted by Gasteiger charge is -2.17. The van der Waals surface area contributed by atoms with E-state index in [-0.39, 0.29) is 5.56 Å². The van der Waals surface area contributed by atoms with E-state index < -0.39 is 0 Å². The Morgan fingerprint density at radius 1 is 1.04 bits per heavy atom. The third kappa shape index (κ3) is 4.74. The normalized spacial score (nSPS) is 11.3. The number of nitrogens with zero attached hydrogens (tertiary/aromatic N) is 2. The molecule has 0 saturated carbocycles. The van der Waals surface area contributed by atoms with E-state index in [4.69, 9.17) is 4.74 Å². The molecule has 5 nitrogen and oxygen atoms in total. The summed E-state index contributed by atoms with van der Waals surface area (Å²) in [5.41, 5.74) is 4.28. The maximum Gasteiger partial charge on any atom is 0.270 e. The molecule has 0 amide bonds. The van der Waals surface area contributed by atoms with Gasteiger partial charge in [0.25, 0.3) is 5.56 Å². The number of nitrogens with one attached hydrogen (secondary N) is 1. The van der Waals surface area contributed by atoms with E-state index in [0.717, 1.165) is 48.4 Å². The van der Waals surface area contributed by atoms with Gasteiger partial charge in [0.2, 0.25) is 0 Å². The maximum atomic E-state index is 12.5. The zero-order valence-electron chi connectivity index (χ0n) is 16.3.